The highest BCUT2D eigenvalue weighted by molar-refractivity contribution is 9.09. The van der Waals surface area contributed by atoms with E-state index in [1.807, 2.05) is 6.07 Å². The van der Waals surface area contributed by atoms with Crippen LogP contribution in [0.5, 0.6) is 5.75 Å². The zero-order valence-corrected chi connectivity index (χ0v) is 13.4. The Morgan fingerprint density at radius 3 is 2.47 bits per heavy atom. The van der Waals surface area contributed by atoms with Crippen molar-refractivity contribution in [2.75, 3.05) is 7.11 Å². The summed E-state index contributed by atoms with van der Waals surface area (Å²) in [7, 11) is 1.70. The predicted octanol–water partition coefficient (Wildman–Crippen LogP) is 5.72. The van der Waals surface area contributed by atoms with Crippen LogP contribution in [0, 0.1) is 5.92 Å². The van der Waals surface area contributed by atoms with Crippen molar-refractivity contribution in [1.82, 2.24) is 0 Å². The molecule has 0 saturated heterocycles. The van der Waals surface area contributed by atoms with Crippen LogP contribution in [-0.2, 0) is 0 Å². The molecule has 19 heavy (non-hydrogen) atoms. The second-order valence-electron chi connectivity index (χ2n) is 5.19. The summed E-state index contributed by atoms with van der Waals surface area (Å²) in [4.78, 5) is 0.439. The minimum Gasteiger partial charge on any atom is -0.497 e. The van der Waals surface area contributed by atoms with Gasteiger partial charge in [-0.3, -0.25) is 0 Å². The molecule has 0 aliphatic carbocycles. The van der Waals surface area contributed by atoms with Gasteiger partial charge in [-0.1, -0.05) is 60.5 Å². The van der Waals surface area contributed by atoms with E-state index >= 15 is 0 Å². The molecule has 2 atom stereocenters. The normalized spacial score (nSPS) is 14.3. The Hall–Kier alpha value is -1.02. The maximum absolute atomic E-state index is 5.26. The molecule has 0 aromatic heterocycles. The van der Waals surface area contributed by atoms with Crippen LogP contribution in [0.2, 0.25) is 0 Å². The summed E-state index contributed by atoms with van der Waals surface area (Å²) in [6, 6.07) is 12.9. The van der Waals surface area contributed by atoms with Crippen LogP contribution >= 0.6 is 15.9 Å². The molecular formula is C17H21BrO. The van der Waals surface area contributed by atoms with Gasteiger partial charge in [-0.15, -0.1) is 0 Å². The maximum Gasteiger partial charge on any atom is 0.119 e. The van der Waals surface area contributed by atoms with Crippen molar-refractivity contribution in [1.29, 1.82) is 0 Å². The summed E-state index contributed by atoms with van der Waals surface area (Å²) in [6.07, 6.45) is 2.41. The quantitative estimate of drug-likeness (QED) is 0.640. The molecule has 2 aromatic carbocycles. The maximum atomic E-state index is 5.26. The minimum absolute atomic E-state index is 0.439. The Morgan fingerprint density at radius 2 is 1.79 bits per heavy atom. The standard InChI is InChI=1S/C17H21BrO/c1-4-12(2)9-17(18)15-6-5-14-11-16(19-3)8-7-13(14)10-15/h5-8,10-12,17H,4,9H2,1-3H3. The summed E-state index contributed by atoms with van der Waals surface area (Å²) in [5.74, 6) is 1.66. The number of halogens is 1. The molecule has 0 spiro atoms. The van der Waals surface area contributed by atoms with Gasteiger partial charge < -0.3 is 4.74 Å². The highest BCUT2D eigenvalue weighted by atomic mass is 79.9. The molecule has 0 N–H and O–H groups in total. The second kappa shape index (κ2) is 6.42. The predicted molar refractivity (Wildman–Crippen MR) is 86.2 cm³/mol. The fraction of sp³-hybridized carbons (Fsp3) is 0.412. The first-order valence-corrected chi connectivity index (χ1v) is 7.77. The molecule has 2 unspecified atom stereocenters. The van der Waals surface area contributed by atoms with Gasteiger partial charge in [0.05, 0.1) is 7.11 Å². The molecule has 0 aliphatic heterocycles. The zero-order valence-electron chi connectivity index (χ0n) is 11.8. The first kappa shape index (κ1) is 14.4. The van der Waals surface area contributed by atoms with Gasteiger partial charge in [0.1, 0.15) is 5.75 Å². The van der Waals surface area contributed by atoms with E-state index in [2.05, 4.69) is 60.1 Å². The highest BCUT2D eigenvalue weighted by Crippen LogP contribution is 2.33. The van der Waals surface area contributed by atoms with Gasteiger partial charge in [-0.2, -0.15) is 0 Å². The summed E-state index contributed by atoms with van der Waals surface area (Å²) < 4.78 is 5.26. The highest BCUT2D eigenvalue weighted by Gasteiger charge is 2.11. The first-order valence-electron chi connectivity index (χ1n) is 6.85. The molecule has 0 heterocycles. The van der Waals surface area contributed by atoms with Crippen LogP contribution < -0.4 is 4.74 Å². The third-order valence-corrected chi connectivity index (χ3v) is 4.64. The summed E-state index contributed by atoms with van der Waals surface area (Å²) in [5, 5.41) is 2.50. The van der Waals surface area contributed by atoms with E-state index in [9.17, 15) is 0 Å². The monoisotopic (exact) mass is 320 g/mol. The van der Waals surface area contributed by atoms with Crippen molar-refractivity contribution >= 4 is 26.7 Å². The smallest absolute Gasteiger partial charge is 0.119 e. The average Bonchev–Trinajstić information content (AvgIpc) is 2.45. The van der Waals surface area contributed by atoms with E-state index in [-0.39, 0.29) is 0 Å². The molecule has 0 aliphatic rings. The van der Waals surface area contributed by atoms with E-state index < -0.39 is 0 Å². The Balaban J connectivity index is 2.26. The number of benzene rings is 2. The van der Waals surface area contributed by atoms with Gasteiger partial charge in [-0.05, 0) is 40.8 Å². The summed E-state index contributed by atoms with van der Waals surface area (Å²) >= 11 is 3.82. The molecule has 0 amide bonds. The first-order chi connectivity index (χ1) is 9.13. The largest absolute Gasteiger partial charge is 0.497 e. The van der Waals surface area contributed by atoms with Crippen molar-refractivity contribution in [3.63, 3.8) is 0 Å². The zero-order chi connectivity index (χ0) is 13.8. The molecule has 0 bridgehead atoms. The van der Waals surface area contributed by atoms with Crippen molar-refractivity contribution in [2.24, 2.45) is 5.92 Å². The van der Waals surface area contributed by atoms with E-state index in [1.165, 1.54) is 29.2 Å². The molecule has 0 radical (unpaired) electrons. The third kappa shape index (κ3) is 3.50. The molecule has 2 aromatic rings. The number of rotatable bonds is 5. The molecular weight excluding hydrogens is 300 g/mol. The SMILES string of the molecule is CCC(C)CC(Br)c1ccc2cc(OC)ccc2c1. The van der Waals surface area contributed by atoms with Crippen LogP contribution in [0.4, 0.5) is 0 Å². The second-order valence-corrected chi connectivity index (χ2v) is 6.29. The molecule has 2 rings (SSSR count). The Kier molecular flexibility index (Phi) is 4.87. The topological polar surface area (TPSA) is 9.23 Å². The number of methoxy groups -OCH3 is 1. The van der Waals surface area contributed by atoms with Gasteiger partial charge in [0.2, 0.25) is 0 Å². The van der Waals surface area contributed by atoms with Gasteiger partial charge in [0.15, 0.2) is 0 Å². The van der Waals surface area contributed by atoms with Crippen molar-refractivity contribution in [3.8, 4) is 5.75 Å². The number of ether oxygens (including phenoxy) is 1. The average molecular weight is 321 g/mol. The van der Waals surface area contributed by atoms with Crippen molar-refractivity contribution < 1.29 is 4.74 Å². The van der Waals surface area contributed by atoms with E-state index in [0.717, 1.165) is 11.7 Å². The number of alkyl halides is 1. The van der Waals surface area contributed by atoms with E-state index in [1.54, 1.807) is 7.11 Å². The van der Waals surface area contributed by atoms with Gasteiger partial charge in [0.25, 0.3) is 0 Å². The summed E-state index contributed by atoms with van der Waals surface area (Å²) in [5.41, 5.74) is 1.36. The molecule has 2 heteroatoms. The third-order valence-electron chi connectivity index (χ3n) is 3.74. The van der Waals surface area contributed by atoms with Gasteiger partial charge in [-0.25, -0.2) is 0 Å². The van der Waals surface area contributed by atoms with Gasteiger partial charge >= 0.3 is 0 Å². The van der Waals surface area contributed by atoms with Crippen LogP contribution in [-0.4, -0.2) is 7.11 Å². The fourth-order valence-electron chi connectivity index (χ4n) is 2.22. The van der Waals surface area contributed by atoms with E-state index in [0.29, 0.717) is 4.83 Å². The Labute approximate surface area is 124 Å². The fourth-order valence-corrected chi connectivity index (χ4v) is 3.14. The van der Waals surface area contributed by atoms with Crippen LogP contribution in [0.25, 0.3) is 10.8 Å². The number of hydrogen-bond donors (Lipinski definition) is 0. The number of fused-ring (bicyclic) bond motifs is 1. The minimum atomic E-state index is 0.439. The lowest BCUT2D eigenvalue weighted by Crippen LogP contribution is -1.98. The van der Waals surface area contributed by atoms with Crippen molar-refractivity contribution in [3.05, 3.63) is 42.0 Å². The summed E-state index contributed by atoms with van der Waals surface area (Å²) in [6.45, 7) is 4.55. The Bertz CT molecular complexity index is 550. The van der Waals surface area contributed by atoms with Gasteiger partial charge in [0, 0.05) is 4.83 Å². The van der Waals surface area contributed by atoms with E-state index in [4.69, 9.17) is 4.74 Å². The van der Waals surface area contributed by atoms with Crippen LogP contribution in [0.15, 0.2) is 36.4 Å². The molecule has 0 fully saturated rings. The van der Waals surface area contributed by atoms with Crippen LogP contribution in [0.3, 0.4) is 0 Å². The molecule has 1 nitrogen and oxygen atoms in total. The lowest BCUT2D eigenvalue weighted by atomic mass is 9.97. The molecule has 0 saturated carbocycles. The van der Waals surface area contributed by atoms with Crippen molar-refractivity contribution in [2.45, 2.75) is 31.5 Å². The number of hydrogen-bond acceptors (Lipinski definition) is 1. The molecule has 102 valence electrons. The van der Waals surface area contributed by atoms with Crippen LogP contribution in [0.1, 0.15) is 37.1 Å². The Morgan fingerprint density at radius 1 is 1.11 bits per heavy atom. The lowest BCUT2D eigenvalue weighted by molar-refractivity contribution is 0.415. The lowest BCUT2D eigenvalue weighted by Gasteiger charge is -2.15.